The molecule has 4 nitrogen and oxygen atoms in total. The summed E-state index contributed by atoms with van der Waals surface area (Å²) in [6, 6.07) is 11.5. The molecule has 0 aliphatic heterocycles. The molecule has 0 fully saturated rings. The normalized spacial score (nSPS) is 10.2. The highest BCUT2D eigenvalue weighted by molar-refractivity contribution is 5.98. The van der Waals surface area contributed by atoms with Gasteiger partial charge in [-0.1, -0.05) is 12.1 Å². The van der Waals surface area contributed by atoms with E-state index in [0.29, 0.717) is 12.8 Å². The molecule has 0 saturated carbocycles. The second-order valence-electron chi connectivity index (χ2n) is 4.47. The number of aryl methyl sites for hydroxylation is 1. The number of hydrogen-bond acceptors (Lipinski definition) is 4. The zero-order chi connectivity index (χ0) is 14.5. The molecule has 2 aromatic carbocycles. The van der Waals surface area contributed by atoms with Crippen LogP contribution in [0.3, 0.4) is 0 Å². The topological polar surface area (TPSA) is 66.8 Å². The van der Waals surface area contributed by atoms with Gasteiger partial charge in [-0.25, -0.2) is 0 Å². The van der Waals surface area contributed by atoms with Gasteiger partial charge >= 0.3 is 0 Å². The van der Waals surface area contributed by atoms with Gasteiger partial charge in [0.05, 0.1) is 12.7 Å². The average molecular weight is 272 g/mol. The largest absolute Gasteiger partial charge is 0.508 e. The number of phenols is 2. The Morgan fingerprint density at radius 1 is 1.10 bits per heavy atom. The number of benzene rings is 2. The van der Waals surface area contributed by atoms with Crippen LogP contribution in [0.4, 0.5) is 0 Å². The van der Waals surface area contributed by atoms with E-state index in [-0.39, 0.29) is 22.8 Å². The van der Waals surface area contributed by atoms with Gasteiger partial charge in [0, 0.05) is 12.5 Å². The smallest absolute Gasteiger partial charge is 0.166 e. The minimum absolute atomic E-state index is 0.0609. The van der Waals surface area contributed by atoms with Crippen LogP contribution in [-0.4, -0.2) is 23.1 Å². The second kappa shape index (κ2) is 6.10. The average Bonchev–Trinajstić information content (AvgIpc) is 2.45. The van der Waals surface area contributed by atoms with Gasteiger partial charge in [-0.05, 0) is 36.2 Å². The summed E-state index contributed by atoms with van der Waals surface area (Å²) in [7, 11) is 1.60. The Labute approximate surface area is 117 Å². The van der Waals surface area contributed by atoms with Crippen molar-refractivity contribution in [2.45, 2.75) is 12.8 Å². The highest BCUT2D eigenvalue weighted by Crippen LogP contribution is 2.24. The minimum Gasteiger partial charge on any atom is -0.508 e. The maximum Gasteiger partial charge on any atom is 0.166 e. The number of carbonyl (C=O) groups is 1. The minimum atomic E-state index is -0.190. The van der Waals surface area contributed by atoms with Crippen LogP contribution in [-0.2, 0) is 6.42 Å². The van der Waals surface area contributed by atoms with E-state index in [2.05, 4.69) is 0 Å². The Bertz CT molecular complexity index is 602. The van der Waals surface area contributed by atoms with Crippen molar-refractivity contribution in [3.05, 3.63) is 53.6 Å². The molecule has 104 valence electrons. The lowest BCUT2D eigenvalue weighted by molar-refractivity contribution is 0.0980. The van der Waals surface area contributed by atoms with Gasteiger partial charge in [-0.2, -0.15) is 0 Å². The summed E-state index contributed by atoms with van der Waals surface area (Å²) in [5.74, 6) is 0.369. The fourth-order valence-corrected chi connectivity index (χ4v) is 1.94. The van der Waals surface area contributed by atoms with Crippen LogP contribution in [0.5, 0.6) is 17.2 Å². The lowest BCUT2D eigenvalue weighted by atomic mass is 10.0. The SMILES string of the molecule is COc1ccc(CCC(=O)c2ccc(O)cc2O)cc1. The number of rotatable bonds is 5. The monoisotopic (exact) mass is 272 g/mol. The van der Waals surface area contributed by atoms with Gasteiger partial charge < -0.3 is 14.9 Å². The van der Waals surface area contributed by atoms with Gasteiger partial charge in [0.1, 0.15) is 17.2 Å². The van der Waals surface area contributed by atoms with Crippen molar-refractivity contribution < 1.29 is 19.7 Å². The number of methoxy groups -OCH3 is 1. The first-order chi connectivity index (χ1) is 9.60. The van der Waals surface area contributed by atoms with Crippen LogP contribution in [0, 0.1) is 0 Å². The summed E-state index contributed by atoms with van der Waals surface area (Å²) in [5.41, 5.74) is 1.26. The van der Waals surface area contributed by atoms with Gasteiger partial charge in [0.15, 0.2) is 5.78 Å². The molecule has 0 saturated heterocycles. The predicted molar refractivity (Wildman–Crippen MR) is 75.4 cm³/mol. The van der Waals surface area contributed by atoms with Crippen LogP contribution in [0.25, 0.3) is 0 Å². The number of aromatic hydroxyl groups is 2. The number of hydrogen-bond donors (Lipinski definition) is 2. The van der Waals surface area contributed by atoms with Crippen LogP contribution < -0.4 is 4.74 Å². The van der Waals surface area contributed by atoms with E-state index < -0.39 is 0 Å². The van der Waals surface area contributed by atoms with E-state index in [4.69, 9.17) is 4.74 Å². The van der Waals surface area contributed by atoms with E-state index in [0.717, 1.165) is 11.3 Å². The van der Waals surface area contributed by atoms with E-state index in [1.807, 2.05) is 24.3 Å². The van der Waals surface area contributed by atoms with Crippen molar-refractivity contribution in [2.75, 3.05) is 7.11 Å². The van der Waals surface area contributed by atoms with Gasteiger partial charge in [-0.15, -0.1) is 0 Å². The molecule has 4 heteroatoms. The fourth-order valence-electron chi connectivity index (χ4n) is 1.94. The standard InChI is InChI=1S/C16H16O4/c1-20-13-6-2-11(3-7-13)4-9-15(18)14-8-5-12(17)10-16(14)19/h2-3,5-8,10,17,19H,4,9H2,1H3. The molecule has 2 rings (SSSR count). The summed E-state index contributed by atoms with van der Waals surface area (Å²) < 4.78 is 5.07. The van der Waals surface area contributed by atoms with E-state index in [9.17, 15) is 15.0 Å². The van der Waals surface area contributed by atoms with Crippen LogP contribution in [0.1, 0.15) is 22.3 Å². The summed E-state index contributed by atoms with van der Waals surface area (Å²) in [4.78, 5) is 12.0. The Hall–Kier alpha value is -2.49. The Balaban J connectivity index is 2.00. The van der Waals surface area contributed by atoms with E-state index >= 15 is 0 Å². The first-order valence-electron chi connectivity index (χ1n) is 6.28. The number of carbonyl (C=O) groups excluding carboxylic acids is 1. The Kier molecular flexibility index (Phi) is 4.25. The Morgan fingerprint density at radius 3 is 2.40 bits per heavy atom. The summed E-state index contributed by atoms with van der Waals surface area (Å²) in [5, 5.41) is 18.8. The molecular weight excluding hydrogens is 256 g/mol. The maximum absolute atomic E-state index is 12.0. The van der Waals surface area contributed by atoms with Crippen molar-refractivity contribution in [3.8, 4) is 17.2 Å². The molecule has 0 radical (unpaired) electrons. The lowest BCUT2D eigenvalue weighted by Crippen LogP contribution is -2.01. The van der Waals surface area contributed by atoms with Crippen molar-refractivity contribution >= 4 is 5.78 Å². The Morgan fingerprint density at radius 2 is 1.80 bits per heavy atom. The van der Waals surface area contributed by atoms with Crippen LogP contribution >= 0.6 is 0 Å². The highest BCUT2D eigenvalue weighted by Gasteiger charge is 2.11. The summed E-state index contributed by atoms with van der Waals surface area (Å²) in [6.45, 7) is 0. The number of Topliss-reactive ketones (excluding diaryl/α,β-unsaturated/α-hetero) is 1. The zero-order valence-electron chi connectivity index (χ0n) is 11.2. The molecule has 0 heterocycles. The molecule has 2 N–H and O–H groups in total. The molecule has 0 spiro atoms. The van der Waals surface area contributed by atoms with Crippen molar-refractivity contribution in [1.82, 2.24) is 0 Å². The lowest BCUT2D eigenvalue weighted by Gasteiger charge is -2.05. The quantitative estimate of drug-likeness (QED) is 0.821. The third-order valence-electron chi connectivity index (χ3n) is 3.08. The second-order valence-corrected chi connectivity index (χ2v) is 4.47. The molecular formula is C16H16O4. The van der Waals surface area contributed by atoms with Crippen LogP contribution in [0.2, 0.25) is 0 Å². The predicted octanol–water partition coefficient (Wildman–Crippen LogP) is 2.92. The number of ketones is 1. The van der Waals surface area contributed by atoms with Crippen molar-refractivity contribution in [3.63, 3.8) is 0 Å². The van der Waals surface area contributed by atoms with E-state index in [1.165, 1.54) is 18.2 Å². The third-order valence-corrected chi connectivity index (χ3v) is 3.08. The molecule has 0 aromatic heterocycles. The molecule has 0 aliphatic carbocycles. The molecule has 0 unspecified atom stereocenters. The van der Waals surface area contributed by atoms with Gasteiger partial charge in [0.25, 0.3) is 0 Å². The third kappa shape index (κ3) is 3.29. The zero-order valence-corrected chi connectivity index (χ0v) is 11.2. The number of phenolic OH excluding ortho intramolecular Hbond substituents is 2. The summed E-state index contributed by atoms with van der Waals surface area (Å²) >= 11 is 0. The first kappa shape index (κ1) is 13.9. The molecule has 0 atom stereocenters. The van der Waals surface area contributed by atoms with Gasteiger partial charge in [0.2, 0.25) is 0 Å². The fraction of sp³-hybridized carbons (Fsp3) is 0.188. The number of ether oxygens (including phenoxy) is 1. The van der Waals surface area contributed by atoms with E-state index in [1.54, 1.807) is 7.11 Å². The highest BCUT2D eigenvalue weighted by atomic mass is 16.5. The van der Waals surface area contributed by atoms with Crippen molar-refractivity contribution in [1.29, 1.82) is 0 Å². The maximum atomic E-state index is 12.0. The molecule has 2 aromatic rings. The van der Waals surface area contributed by atoms with Gasteiger partial charge in [-0.3, -0.25) is 4.79 Å². The first-order valence-corrected chi connectivity index (χ1v) is 6.28. The summed E-state index contributed by atoms with van der Waals surface area (Å²) in [6.07, 6.45) is 0.883. The molecule has 20 heavy (non-hydrogen) atoms. The molecule has 0 bridgehead atoms. The van der Waals surface area contributed by atoms with Crippen LogP contribution in [0.15, 0.2) is 42.5 Å². The molecule has 0 amide bonds. The molecule has 0 aliphatic rings. The van der Waals surface area contributed by atoms with Crippen molar-refractivity contribution in [2.24, 2.45) is 0 Å².